The van der Waals surface area contributed by atoms with E-state index in [1.165, 1.54) is 0 Å². The summed E-state index contributed by atoms with van der Waals surface area (Å²) in [4.78, 5) is 13.6. The van der Waals surface area contributed by atoms with Crippen molar-refractivity contribution in [2.75, 3.05) is 7.05 Å². The van der Waals surface area contributed by atoms with Crippen molar-refractivity contribution in [2.24, 2.45) is 5.73 Å². The van der Waals surface area contributed by atoms with Crippen LogP contribution in [0.1, 0.15) is 19.4 Å². The molecule has 0 aliphatic heterocycles. The summed E-state index contributed by atoms with van der Waals surface area (Å²) in [6, 6.07) is 6.35. The average Bonchev–Trinajstić information content (AvgIpc) is 2.30. The fourth-order valence-corrected chi connectivity index (χ4v) is 1.49. The largest absolute Gasteiger partial charge is 0.508 e. The van der Waals surface area contributed by atoms with E-state index in [2.05, 4.69) is 0 Å². The van der Waals surface area contributed by atoms with E-state index in [0.717, 1.165) is 5.56 Å². The molecule has 1 atom stereocenters. The summed E-state index contributed by atoms with van der Waals surface area (Å²) >= 11 is 0. The van der Waals surface area contributed by atoms with E-state index in [1.807, 2.05) is 13.8 Å². The molecule has 1 aromatic rings. The van der Waals surface area contributed by atoms with Gasteiger partial charge >= 0.3 is 0 Å². The molecule has 0 unspecified atom stereocenters. The Hall–Kier alpha value is -1.55. The number of rotatable bonds is 4. The van der Waals surface area contributed by atoms with Crippen LogP contribution in [-0.2, 0) is 11.2 Å². The summed E-state index contributed by atoms with van der Waals surface area (Å²) in [5, 5.41) is 9.15. The highest BCUT2D eigenvalue weighted by molar-refractivity contribution is 5.82. The van der Waals surface area contributed by atoms with Gasteiger partial charge in [0.05, 0.1) is 6.04 Å². The number of hydrogen-bond donors (Lipinski definition) is 2. The van der Waals surface area contributed by atoms with E-state index >= 15 is 0 Å². The molecule has 1 rings (SSSR count). The van der Waals surface area contributed by atoms with E-state index in [0.29, 0.717) is 6.42 Å². The number of hydrogen-bond acceptors (Lipinski definition) is 3. The number of benzene rings is 1. The Morgan fingerprint density at radius 3 is 2.35 bits per heavy atom. The third-order valence-electron chi connectivity index (χ3n) is 2.83. The second-order valence-electron chi connectivity index (χ2n) is 4.52. The SMILES string of the molecule is CC(C)N(C)C(=O)[C@@H](N)Cc1ccc(O)cc1. The Kier molecular flexibility index (Phi) is 4.52. The molecule has 3 N–H and O–H groups in total. The topological polar surface area (TPSA) is 66.6 Å². The number of amides is 1. The smallest absolute Gasteiger partial charge is 0.239 e. The van der Waals surface area contributed by atoms with Crippen LogP contribution in [0.3, 0.4) is 0 Å². The monoisotopic (exact) mass is 236 g/mol. The third-order valence-corrected chi connectivity index (χ3v) is 2.83. The molecule has 0 aliphatic rings. The quantitative estimate of drug-likeness (QED) is 0.823. The molecule has 1 amide bonds. The molecule has 0 radical (unpaired) electrons. The van der Waals surface area contributed by atoms with E-state index < -0.39 is 6.04 Å². The van der Waals surface area contributed by atoms with E-state index in [4.69, 9.17) is 10.8 Å². The van der Waals surface area contributed by atoms with Gasteiger partial charge in [-0.25, -0.2) is 0 Å². The van der Waals surface area contributed by atoms with Gasteiger partial charge in [-0.05, 0) is 38.0 Å². The molecule has 17 heavy (non-hydrogen) atoms. The summed E-state index contributed by atoms with van der Waals surface area (Å²) in [7, 11) is 1.75. The number of carbonyl (C=O) groups excluding carboxylic acids is 1. The van der Waals surface area contributed by atoms with Crippen molar-refractivity contribution in [1.82, 2.24) is 4.90 Å². The molecule has 0 aliphatic carbocycles. The molecule has 94 valence electrons. The zero-order chi connectivity index (χ0) is 13.0. The fourth-order valence-electron chi connectivity index (χ4n) is 1.49. The lowest BCUT2D eigenvalue weighted by Gasteiger charge is -2.24. The summed E-state index contributed by atoms with van der Waals surface area (Å²) in [6.07, 6.45) is 0.482. The van der Waals surface area contributed by atoms with Crippen LogP contribution in [0.15, 0.2) is 24.3 Å². The maximum atomic E-state index is 11.9. The lowest BCUT2D eigenvalue weighted by atomic mass is 10.1. The molecule has 0 saturated heterocycles. The van der Waals surface area contributed by atoms with Gasteiger partial charge in [-0.3, -0.25) is 4.79 Å². The number of nitrogens with zero attached hydrogens (tertiary/aromatic N) is 1. The van der Waals surface area contributed by atoms with Gasteiger partial charge in [-0.15, -0.1) is 0 Å². The maximum absolute atomic E-state index is 11.9. The third kappa shape index (κ3) is 3.75. The predicted octanol–water partition coefficient (Wildman–Crippen LogP) is 1.13. The van der Waals surface area contributed by atoms with Crippen molar-refractivity contribution in [3.05, 3.63) is 29.8 Å². The summed E-state index contributed by atoms with van der Waals surface area (Å²) < 4.78 is 0. The van der Waals surface area contributed by atoms with Crippen LogP contribution in [-0.4, -0.2) is 35.0 Å². The molecule has 0 aromatic heterocycles. The molecule has 0 fully saturated rings. The zero-order valence-corrected chi connectivity index (χ0v) is 10.6. The Bertz CT molecular complexity index is 374. The summed E-state index contributed by atoms with van der Waals surface area (Å²) in [5.41, 5.74) is 6.82. The molecular weight excluding hydrogens is 216 g/mol. The normalized spacial score (nSPS) is 12.5. The lowest BCUT2D eigenvalue weighted by Crippen LogP contribution is -2.45. The first-order valence-electron chi connectivity index (χ1n) is 5.72. The number of phenolic OH excluding ortho intramolecular Hbond substituents is 1. The van der Waals surface area contributed by atoms with Gasteiger partial charge in [0.15, 0.2) is 0 Å². The zero-order valence-electron chi connectivity index (χ0n) is 10.6. The van der Waals surface area contributed by atoms with Crippen LogP contribution in [0.5, 0.6) is 5.75 Å². The minimum absolute atomic E-state index is 0.0620. The molecule has 4 heteroatoms. The summed E-state index contributed by atoms with van der Waals surface area (Å²) in [6.45, 7) is 3.90. The van der Waals surface area contributed by atoms with Crippen molar-refractivity contribution in [1.29, 1.82) is 0 Å². The Balaban J connectivity index is 2.63. The Morgan fingerprint density at radius 2 is 1.88 bits per heavy atom. The first kappa shape index (κ1) is 13.5. The van der Waals surface area contributed by atoms with Crippen molar-refractivity contribution in [3.63, 3.8) is 0 Å². The Labute approximate surface area is 102 Å². The number of phenols is 1. The molecule has 0 spiro atoms. The number of aromatic hydroxyl groups is 1. The van der Waals surface area contributed by atoms with Crippen molar-refractivity contribution >= 4 is 5.91 Å². The van der Waals surface area contributed by atoms with E-state index in [1.54, 1.807) is 36.2 Å². The standard InChI is InChI=1S/C13H20N2O2/c1-9(2)15(3)13(17)12(14)8-10-4-6-11(16)7-5-10/h4-7,9,12,16H,8,14H2,1-3H3/t12-/m0/s1. The van der Waals surface area contributed by atoms with E-state index in [-0.39, 0.29) is 17.7 Å². The highest BCUT2D eigenvalue weighted by Gasteiger charge is 2.19. The minimum Gasteiger partial charge on any atom is -0.508 e. The average molecular weight is 236 g/mol. The fraction of sp³-hybridized carbons (Fsp3) is 0.462. The van der Waals surface area contributed by atoms with Gasteiger partial charge in [0.1, 0.15) is 5.75 Å². The van der Waals surface area contributed by atoms with Crippen LogP contribution in [0, 0.1) is 0 Å². The molecule has 4 nitrogen and oxygen atoms in total. The van der Waals surface area contributed by atoms with Gasteiger partial charge < -0.3 is 15.7 Å². The predicted molar refractivity (Wildman–Crippen MR) is 67.7 cm³/mol. The first-order valence-corrected chi connectivity index (χ1v) is 5.72. The molecule has 0 bridgehead atoms. The number of carbonyl (C=O) groups is 1. The van der Waals surface area contributed by atoms with Gasteiger partial charge in [-0.2, -0.15) is 0 Å². The van der Waals surface area contributed by atoms with Gasteiger partial charge in [0, 0.05) is 13.1 Å². The molecule has 0 saturated carbocycles. The van der Waals surface area contributed by atoms with Gasteiger partial charge in [0.25, 0.3) is 0 Å². The summed E-state index contributed by atoms with van der Waals surface area (Å²) in [5.74, 6) is 0.154. The maximum Gasteiger partial charge on any atom is 0.239 e. The van der Waals surface area contributed by atoms with Crippen LogP contribution < -0.4 is 5.73 Å². The Morgan fingerprint density at radius 1 is 1.35 bits per heavy atom. The second kappa shape index (κ2) is 5.68. The van der Waals surface area contributed by atoms with Crippen molar-refractivity contribution < 1.29 is 9.90 Å². The highest BCUT2D eigenvalue weighted by atomic mass is 16.3. The van der Waals surface area contributed by atoms with Crippen LogP contribution >= 0.6 is 0 Å². The lowest BCUT2D eigenvalue weighted by molar-refractivity contribution is -0.132. The van der Waals surface area contributed by atoms with Crippen molar-refractivity contribution in [2.45, 2.75) is 32.4 Å². The van der Waals surface area contributed by atoms with Crippen LogP contribution in [0.4, 0.5) is 0 Å². The number of nitrogens with two attached hydrogens (primary N) is 1. The minimum atomic E-state index is -0.535. The van der Waals surface area contributed by atoms with Crippen LogP contribution in [0.25, 0.3) is 0 Å². The van der Waals surface area contributed by atoms with E-state index in [9.17, 15) is 4.79 Å². The first-order chi connectivity index (χ1) is 7.91. The van der Waals surface area contributed by atoms with Gasteiger partial charge in [-0.1, -0.05) is 12.1 Å². The van der Waals surface area contributed by atoms with Crippen molar-refractivity contribution in [3.8, 4) is 5.75 Å². The highest BCUT2D eigenvalue weighted by Crippen LogP contribution is 2.11. The second-order valence-corrected chi connectivity index (χ2v) is 4.52. The van der Waals surface area contributed by atoms with Gasteiger partial charge in [0.2, 0.25) is 5.91 Å². The molecule has 1 aromatic carbocycles. The number of likely N-dealkylation sites (N-methyl/N-ethyl adjacent to an activating group) is 1. The molecule has 0 heterocycles. The molecular formula is C13H20N2O2. The van der Waals surface area contributed by atoms with Crippen LogP contribution in [0.2, 0.25) is 0 Å².